The third-order valence-corrected chi connectivity index (χ3v) is 4.01. The van der Waals surface area contributed by atoms with Crippen LogP contribution in [-0.4, -0.2) is 37.4 Å². The van der Waals surface area contributed by atoms with Crippen molar-refractivity contribution >= 4 is 17.2 Å². The number of nitrogens with zero attached hydrogens (tertiary/aromatic N) is 5. The number of hydrogen-bond donors (Lipinski definition) is 1. The van der Waals surface area contributed by atoms with E-state index in [-0.39, 0.29) is 17.6 Å². The van der Waals surface area contributed by atoms with Crippen LogP contribution < -0.4 is 5.32 Å². The maximum atomic E-state index is 12.5. The van der Waals surface area contributed by atoms with E-state index < -0.39 is 12.1 Å². The van der Waals surface area contributed by atoms with Gasteiger partial charge in [-0.2, -0.15) is 18.2 Å². The Morgan fingerprint density at radius 1 is 1.40 bits per heavy atom. The Bertz CT molecular complexity index is 884. The topological polar surface area (TPSA) is 98.7 Å². The lowest BCUT2D eigenvalue weighted by Crippen LogP contribution is -2.24. The average molecular weight is 372 g/mol. The van der Waals surface area contributed by atoms with Gasteiger partial charge in [0.05, 0.1) is 11.4 Å². The molecule has 0 aliphatic carbocycles. The highest BCUT2D eigenvalue weighted by Crippen LogP contribution is 2.31. The van der Waals surface area contributed by atoms with Crippen molar-refractivity contribution < 1.29 is 22.5 Å². The molecular weight excluding hydrogens is 361 g/mol. The zero-order valence-electron chi connectivity index (χ0n) is 12.7. The van der Waals surface area contributed by atoms with E-state index >= 15 is 0 Å². The molecular formula is C13H11F3N6O2S. The van der Waals surface area contributed by atoms with Crippen molar-refractivity contribution in [3.05, 3.63) is 35.1 Å². The maximum absolute atomic E-state index is 12.5. The summed E-state index contributed by atoms with van der Waals surface area (Å²) >= 11 is 1.19. The van der Waals surface area contributed by atoms with Gasteiger partial charge in [-0.25, -0.2) is 9.67 Å². The lowest BCUT2D eigenvalue weighted by Gasteiger charge is -1.97. The van der Waals surface area contributed by atoms with Crippen molar-refractivity contribution in [2.24, 2.45) is 0 Å². The second-order valence-corrected chi connectivity index (χ2v) is 5.98. The minimum absolute atomic E-state index is 0.0478. The van der Waals surface area contributed by atoms with Crippen molar-refractivity contribution in [3.8, 4) is 10.7 Å². The van der Waals surface area contributed by atoms with Crippen molar-refractivity contribution in [2.45, 2.75) is 19.6 Å². The van der Waals surface area contributed by atoms with Gasteiger partial charge >= 0.3 is 12.1 Å². The largest absolute Gasteiger partial charge is 0.471 e. The molecule has 3 heterocycles. The molecule has 0 fully saturated rings. The summed E-state index contributed by atoms with van der Waals surface area (Å²) in [5, 5.41) is 9.97. The van der Waals surface area contributed by atoms with Crippen LogP contribution in [0.5, 0.6) is 0 Å². The number of nitrogens with one attached hydrogen (secondary N) is 1. The molecule has 0 aliphatic heterocycles. The maximum Gasteiger partial charge on any atom is 0.471 e. The molecule has 3 rings (SSSR count). The normalized spacial score (nSPS) is 11.7. The molecule has 3 aromatic heterocycles. The van der Waals surface area contributed by atoms with E-state index in [1.807, 2.05) is 0 Å². The van der Waals surface area contributed by atoms with E-state index in [1.54, 1.807) is 19.1 Å². The van der Waals surface area contributed by atoms with Crippen LogP contribution in [0.3, 0.4) is 0 Å². The molecule has 1 N–H and O–H groups in total. The van der Waals surface area contributed by atoms with E-state index in [1.165, 1.54) is 22.3 Å². The second kappa shape index (κ2) is 6.63. The van der Waals surface area contributed by atoms with Crippen molar-refractivity contribution in [3.63, 3.8) is 0 Å². The van der Waals surface area contributed by atoms with Gasteiger partial charge in [0.25, 0.3) is 5.91 Å². The number of carbonyl (C=O) groups is 1. The quantitative estimate of drug-likeness (QED) is 0.737. The highest BCUT2D eigenvalue weighted by molar-refractivity contribution is 7.15. The SMILES string of the molecule is CCNC(=O)c1ncn(Cc2ccc(-c3noc(C(F)(F)F)n3)s2)n1. The third kappa shape index (κ3) is 3.84. The van der Waals surface area contributed by atoms with Gasteiger partial charge in [0, 0.05) is 11.4 Å². The number of rotatable bonds is 5. The summed E-state index contributed by atoms with van der Waals surface area (Å²) in [6.07, 6.45) is -3.28. The molecule has 25 heavy (non-hydrogen) atoms. The number of halogens is 3. The molecule has 0 aliphatic rings. The standard InChI is InChI=1S/C13H11F3N6O2S/c1-2-17-11(23)10-18-6-22(20-10)5-7-3-4-8(25-7)9-19-12(24-21-9)13(14,15)16/h3-4,6H,2,5H2,1H3,(H,17,23). The van der Waals surface area contributed by atoms with Crippen molar-refractivity contribution in [1.82, 2.24) is 30.2 Å². The molecule has 8 nitrogen and oxygen atoms in total. The molecule has 3 aromatic rings. The summed E-state index contributed by atoms with van der Waals surface area (Å²) < 4.78 is 43.1. The van der Waals surface area contributed by atoms with Crippen molar-refractivity contribution in [2.75, 3.05) is 6.54 Å². The van der Waals surface area contributed by atoms with Gasteiger partial charge in [-0.05, 0) is 19.1 Å². The van der Waals surface area contributed by atoms with Crippen LogP contribution in [0.4, 0.5) is 13.2 Å². The molecule has 1 amide bonds. The number of thiophene rings is 1. The smallest absolute Gasteiger partial charge is 0.350 e. The summed E-state index contributed by atoms with van der Waals surface area (Å²) in [6.45, 7) is 2.55. The molecule has 0 saturated heterocycles. The summed E-state index contributed by atoms with van der Waals surface area (Å²) in [7, 11) is 0. The number of aromatic nitrogens is 5. The van der Waals surface area contributed by atoms with Gasteiger partial charge in [-0.1, -0.05) is 5.16 Å². The lowest BCUT2D eigenvalue weighted by atomic mass is 10.4. The number of hydrogen-bond acceptors (Lipinski definition) is 7. The summed E-state index contributed by atoms with van der Waals surface area (Å²) in [5.74, 6) is -1.85. The van der Waals surface area contributed by atoms with Gasteiger partial charge in [-0.15, -0.1) is 16.4 Å². The first-order valence-electron chi connectivity index (χ1n) is 7.04. The first-order chi connectivity index (χ1) is 11.9. The van der Waals surface area contributed by atoms with E-state index in [0.29, 0.717) is 18.0 Å². The zero-order valence-corrected chi connectivity index (χ0v) is 13.6. The lowest BCUT2D eigenvalue weighted by molar-refractivity contribution is -0.159. The van der Waals surface area contributed by atoms with Crippen LogP contribution in [0.25, 0.3) is 10.7 Å². The second-order valence-electron chi connectivity index (χ2n) is 4.81. The van der Waals surface area contributed by atoms with Crippen LogP contribution in [0.1, 0.15) is 28.3 Å². The van der Waals surface area contributed by atoms with Crippen LogP contribution in [-0.2, 0) is 12.7 Å². The van der Waals surface area contributed by atoms with E-state index in [2.05, 4.69) is 30.1 Å². The monoisotopic (exact) mass is 372 g/mol. The predicted octanol–water partition coefficient (Wildman–Crippen LogP) is 2.21. The Kier molecular flexibility index (Phi) is 4.53. The van der Waals surface area contributed by atoms with Gasteiger partial charge in [0.1, 0.15) is 6.33 Å². The van der Waals surface area contributed by atoms with E-state index in [0.717, 1.165) is 4.88 Å². The van der Waals surface area contributed by atoms with Crippen molar-refractivity contribution in [1.29, 1.82) is 0 Å². The summed E-state index contributed by atoms with van der Waals surface area (Å²) in [4.78, 5) is 20.1. The van der Waals surface area contributed by atoms with Gasteiger partial charge in [0.2, 0.25) is 11.6 Å². The highest BCUT2D eigenvalue weighted by atomic mass is 32.1. The average Bonchev–Trinajstić information content (AvgIpc) is 3.27. The minimum Gasteiger partial charge on any atom is -0.350 e. The van der Waals surface area contributed by atoms with Crippen LogP contribution in [0.15, 0.2) is 23.0 Å². The molecule has 0 aromatic carbocycles. The van der Waals surface area contributed by atoms with Crippen LogP contribution in [0, 0.1) is 0 Å². The number of carbonyl (C=O) groups excluding carboxylic acids is 1. The Labute approximate surface area is 142 Å². The third-order valence-electron chi connectivity index (χ3n) is 2.95. The molecule has 0 bridgehead atoms. The molecule has 132 valence electrons. The van der Waals surface area contributed by atoms with Crippen LogP contribution in [0.2, 0.25) is 0 Å². The first kappa shape index (κ1) is 17.1. The van der Waals surface area contributed by atoms with Crippen LogP contribution >= 0.6 is 11.3 Å². The number of amides is 1. The van der Waals surface area contributed by atoms with Gasteiger partial charge in [-0.3, -0.25) is 4.79 Å². The zero-order chi connectivity index (χ0) is 18.0. The highest BCUT2D eigenvalue weighted by Gasteiger charge is 2.38. The predicted molar refractivity (Wildman–Crippen MR) is 79.7 cm³/mol. The van der Waals surface area contributed by atoms with E-state index in [4.69, 9.17) is 0 Å². The van der Waals surface area contributed by atoms with E-state index in [9.17, 15) is 18.0 Å². The Morgan fingerprint density at radius 3 is 2.88 bits per heavy atom. The minimum atomic E-state index is -4.68. The van der Waals surface area contributed by atoms with Gasteiger partial charge < -0.3 is 9.84 Å². The Morgan fingerprint density at radius 2 is 2.20 bits per heavy atom. The summed E-state index contributed by atoms with van der Waals surface area (Å²) in [6, 6.07) is 3.30. The fourth-order valence-corrected chi connectivity index (χ4v) is 2.82. The first-order valence-corrected chi connectivity index (χ1v) is 7.86. The Hall–Kier alpha value is -2.76. The molecule has 0 spiro atoms. The summed E-state index contributed by atoms with van der Waals surface area (Å²) in [5.41, 5.74) is 0. The molecule has 12 heteroatoms. The fourth-order valence-electron chi connectivity index (χ4n) is 1.90. The Balaban J connectivity index is 1.72. The van der Waals surface area contributed by atoms with Gasteiger partial charge in [0.15, 0.2) is 0 Å². The molecule has 0 atom stereocenters. The molecule has 0 saturated carbocycles. The molecule has 0 radical (unpaired) electrons. The fraction of sp³-hybridized carbons (Fsp3) is 0.308. The number of alkyl halides is 3. The molecule has 0 unspecified atom stereocenters.